The smallest absolute Gasteiger partial charge is 0.280 e. The van der Waals surface area contributed by atoms with Crippen LogP contribution in [-0.4, -0.2) is 55.6 Å². The van der Waals surface area contributed by atoms with Crippen molar-refractivity contribution in [1.82, 2.24) is 29.5 Å². The summed E-state index contributed by atoms with van der Waals surface area (Å²) in [6, 6.07) is 2.99. The van der Waals surface area contributed by atoms with Crippen molar-refractivity contribution in [2.45, 2.75) is 32.1 Å². The highest BCUT2D eigenvalue weighted by atomic mass is 19.3. The molecule has 0 radical (unpaired) electrons. The van der Waals surface area contributed by atoms with Crippen molar-refractivity contribution in [3.05, 3.63) is 47.2 Å². The SMILES string of the molecule is COc1cc(C(=O)N2CCC[C@H](c3cc(C(F)F)nc4ncnn34)C2)c(C)cn1. The zero-order chi connectivity index (χ0) is 20.5. The number of hydrogen-bond acceptors (Lipinski definition) is 6. The molecule has 8 nitrogen and oxygen atoms in total. The molecule has 10 heteroatoms. The highest BCUT2D eigenvalue weighted by Crippen LogP contribution is 2.30. The fourth-order valence-corrected chi connectivity index (χ4v) is 3.68. The Hall–Kier alpha value is -3.17. The predicted octanol–water partition coefficient (Wildman–Crippen LogP) is 2.79. The molecule has 0 unspecified atom stereocenters. The van der Waals surface area contributed by atoms with E-state index in [9.17, 15) is 13.6 Å². The van der Waals surface area contributed by atoms with Crippen LogP contribution in [0.2, 0.25) is 0 Å². The molecule has 1 atom stereocenters. The lowest BCUT2D eigenvalue weighted by Crippen LogP contribution is -2.40. The molecule has 0 N–H and O–H groups in total. The van der Waals surface area contributed by atoms with Crippen LogP contribution >= 0.6 is 0 Å². The number of ether oxygens (including phenoxy) is 1. The molecule has 3 aromatic heterocycles. The van der Waals surface area contributed by atoms with Crippen molar-refractivity contribution in [2.75, 3.05) is 20.2 Å². The fraction of sp³-hybridized carbons (Fsp3) is 0.421. The number of hydrogen-bond donors (Lipinski definition) is 0. The van der Waals surface area contributed by atoms with Crippen molar-refractivity contribution < 1.29 is 18.3 Å². The number of amides is 1. The maximum Gasteiger partial charge on any atom is 0.280 e. The number of rotatable bonds is 4. The van der Waals surface area contributed by atoms with Crippen LogP contribution in [0.25, 0.3) is 5.78 Å². The topological polar surface area (TPSA) is 85.5 Å². The third-order valence-corrected chi connectivity index (χ3v) is 5.17. The van der Waals surface area contributed by atoms with E-state index in [0.29, 0.717) is 30.2 Å². The Morgan fingerprint density at radius 1 is 1.31 bits per heavy atom. The van der Waals surface area contributed by atoms with Gasteiger partial charge in [0.2, 0.25) is 5.88 Å². The van der Waals surface area contributed by atoms with Gasteiger partial charge in [0.1, 0.15) is 12.0 Å². The third kappa shape index (κ3) is 3.62. The van der Waals surface area contributed by atoms with Gasteiger partial charge < -0.3 is 9.64 Å². The first-order valence-corrected chi connectivity index (χ1v) is 9.26. The first kappa shape index (κ1) is 19.2. The molecule has 1 saturated heterocycles. The van der Waals surface area contributed by atoms with Gasteiger partial charge in [-0.1, -0.05) is 0 Å². The maximum atomic E-state index is 13.3. The zero-order valence-corrected chi connectivity index (χ0v) is 16.0. The molecule has 29 heavy (non-hydrogen) atoms. The third-order valence-electron chi connectivity index (χ3n) is 5.17. The Morgan fingerprint density at radius 3 is 2.90 bits per heavy atom. The molecule has 4 rings (SSSR count). The Labute approximate surface area is 165 Å². The maximum absolute atomic E-state index is 13.3. The van der Waals surface area contributed by atoms with Crippen molar-refractivity contribution in [1.29, 1.82) is 0 Å². The molecule has 1 amide bonds. The standard InChI is InChI=1S/C19H20F2N6O2/c1-11-8-22-16(29-2)6-13(11)18(28)26-5-3-4-12(9-26)15-7-14(17(20)21)25-19-23-10-24-27(15)19/h6-8,10,12,17H,3-5,9H2,1-2H3/t12-/m0/s1. The van der Waals surface area contributed by atoms with Crippen LogP contribution in [0.5, 0.6) is 5.88 Å². The predicted molar refractivity (Wildman–Crippen MR) is 99.1 cm³/mol. The number of pyridine rings is 1. The highest BCUT2D eigenvalue weighted by molar-refractivity contribution is 5.96. The van der Waals surface area contributed by atoms with E-state index in [2.05, 4.69) is 20.1 Å². The number of nitrogens with zero attached hydrogens (tertiary/aromatic N) is 6. The van der Waals surface area contributed by atoms with E-state index in [4.69, 9.17) is 4.74 Å². The van der Waals surface area contributed by atoms with Gasteiger partial charge in [-0.3, -0.25) is 4.79 Å². The summed E-state index contributed by atoms with van der Waals surface area (Å²) in [6.45, 7) is 2.80. The first-order chi connectivity index (χ1) is 14.0. The van der Waals surface area contributed by atoms with Gasteiger partial charge in [-0.15, -0.1) is 0 Å². The summed E-state index contributed by atoms with van der Waals surface area (Å²) in [5.74, 6) is 0.218. The van der Waals surface area contributed by atoms with E-state index in [1.165, 1.54) is 24.0 Å². The number of fused-ring (bicyclic) bond motifs is 1. The van der Waals surface area contributed by atoms with Gasteiger partial charge in [0.25, 0.3) is 18.1 Å². The number of aryl methyl sites for hydroxylation is 1. The minimum atomic E-state index is -2.70. The van der Waals surface area contributed by atoms with Crippen molar-refractivity contribution >= 4 is 11.7 Å². The van der Waals surface area contributed by atoms with Gasteiger partial charge in [0.15, 0.2) is 0 Å². The van der Waals surface area contributed by atoms with E-state index in [1.54, 1.807) is 17.2 Å². The average Bonchev–Trinajstić information content (AvgIpc) is 3.21. The quantitative estimate of drug-likeness (QED) is 0.667. The van der Waals surface area contributed by atoms with E-state index in [0.717, 1.165) is 18.4 Å². The fourth-order valence-electron chi connectivity index (χ4n) is 3.68. The Balaban J connectivity index is 1.65. The first-order valence-electron chi connectivity index (χ1n) is 9.26. The second kappa shape index (κ2) is 7.69. The van der Waals surface area contributed by atoms with Gasteiger partial charge in [-0.05, 0) is 31.4 Å². The summed E-state index contributed by atoms with van der Waals surface area (Å²) in [6.07, 6.45) is 1.69. The van der Waals surface area contributed by atoms with E-state index >= 15 is 0 Å². The van der Waals surface area contributed by atoms with E-state index < -0.39 is 6.43 Å². The van der Waals surface area contributed by atoms with Crippen molar-refractivity contribution in [3.8, 4) is 5.88 Å². The summed E-state index contributed by atoms with van der Waals surface area (Å²) in [7, 11) is 1.50. The highest BCUT2D eigenvalue weighted by Gasteiger charge is 2.29. The van der Waals surface area contributed by atoms with Crippen molar-refractivity contribution in [3.63, 3.8) is 0 Å². The van der Waals surface area contributed by atoms with Crippen LogP contribution < -0.4 is 4.74 Å². The molecule has 1 aliphatic heterocycles. The molecular weight excluding hydrogens is 382 g/mol. The second-order valence-electron chi connectivity index (χ2n) is 7.01. The monoisotopic (exact) mass is 402 g/mol. The second-order valence-corrected chi connectivity index (χ2v) is 7.01. The summed E-state index contributed by atoms with van der Waals surface area (Å²) in [5, 5.41) is 4.13. The molecule has 0 spiro atoms. The molecular formula is C19H20F2N6O2. The van der Waals surface area contributed by atoms with Crippen LogP contribution in [0.3, 0.4) is 0 Å². The van der Waals surface area contributed by atoms with E-state index in [1.807, 2.05) is 6.92 Å². The van der Waals surface area contributed by atoms with Crippen LogP contribution in [-0.2, 0) is 0 Å². The zero-order valence-electron chi connectivity index (χ0n) is 16.0. The largest absolute Gasteiger partial charge is 0.481 e. The van der Waals surface area contributed by atoms with Gasteiger partial charge in [0.05, 0.1) is 12.8 Å². The molecule has 1 fully saturated rings. The molecule has 1 aliphatic rings. The van der Waals surface area contributed by atoms with Gasteiger partial charge in [-0.2, -0.15) is 10.1 Å². The number of halogens is 2. The average molecular weight is 402 g/mol. The molecule has 4 heterocycles. The minimum absolute atomic E-state index is 0.133. The van der Waals surface area contributed by atoms with Crippen LogP contribution in [0.1, 0.15) is 52.5 Å². The number of carbonyl (C=O) groups is 1. The number of carbonyl (C=O) groups excluding carboxylic acids is 1. The Bertz CT molecular complexity index is 1050. The lowest BCUT2D eigenvalue weighted by atomic mass is 9.93. The molecule has 0 bridgehead atoms. The molecule has 0 saturated carbocycles. The Morgan fingerprint density at radius 2 is 2.14 bits per heavy atom. The van der Waals surface area contributed by atoms with Gasteiger partial charge in [-0.25, -0.2) is 23.3 Å². The van der Waals surface area contributed by atoms with Crippen LogP contribution in [0.4, 0.5) is 8.78 Å². The van der Waals surface area contributed by atoms with E-state index in [-0.39, 0.29) is 23.3 Å². The molecule has 0 aromatic carbocycles. The van der Waals surface area contributed by atoms with Crippen LogP contribution in [0.15, 0.2) is 24.7 Å². The minimum Gasteiger partial charge on any atom is -0.481 e. The molecule has 152 valence electrons. The number of aromatic nitrogens is 5. The summed E-state index contributed by atoms with van der Waals surface area (Å²) < 4.78 is 33.2. The number of likely N-dealkylation sites (tertiary alicyclic amines) is 1. The Kier molecular flexibility index (Phi) is 5.08. The summed E-state index contributed by atoms with van der Waals surface area (Å²) >= 11 is 0. The van der Waals surface area contributed by atoms with Gasteiger partial charge in [0, 0.05) is 36.8 Å². The lowest BCUT2D eigenvalue weighted by molar-refractivity contribution is 0.0703. The normalized spacial score (nSPS) is 17.1. The number of alkyl halides is 2. The number of piperidine rings is 1. The summed E-state index contributed by atoms with van der Waals surface area (Å²) in [5.41, 5.74) is 1.52. The van der Waals surface area contributed by atoms with Gasteiger partial charge >= 0.3 is 0 Å². The van der Waals surface area contributed by atoms with Crippen LogP contribution in [0, 0.1) is 6.92 Å². The number of methoxy groups -OCH3 is 1. The van der Waals surface area contributed by atoms with Crippen molar-refractivity contribution in [2.24, 2.45) is 0 Å². The lowest BCUT2D eigenvalue weighted by Gasteiger charge is -2.33. The summed E-state index contributed by atoms with van der Waals surface area (Å²) in [4.78, 5) is 26.8. The molecule has 3 aromatic rings. The molecule has 0 aliphatic carbocycles.